The Kier molecular flexibility index (Phi) is 3.73. The minimum absolute atomic E-state index is 0.282. The molecule has 1 aromatic carbocycles. The third-order valence-electron chi connectivity index (χ3n) is 2.74. The molecule has 3 rings (SSSR count). The Morgan fingerprint density at radius 3 is 2.55 bits per heavy atom. The van der Waals surface area contributed by atoms with Crippen molar-refractivity contribution in [1.82, 2.24) is 9.97 Å². The fraction of sp³-hybridized carbons (Fsp3) is 0.0769. The van der Waals surface area contributed by atoms with Gasteiger partial charge in [0, 0.05) is 11.4 Å². The summed E-state index contributed by atoms with van der Waals surface area (Å²) in [7, 11) is 1.61. The predicted octanol–water partition coefficient (Wildman–Crippen LogP) is 5.33. The van der Waals surface area contributed by atoms with E-state index in [9.17, 15) is 0 Å². The first kappa shape index (κ1) is 13.9. The van der Waals surface area contributed by atoms with Gasteiger partial charge in [0.1, 0.15) is 10.9 Å². The highest BCUT2D eigenvalue weighted by molar-refractivity contribution is 7.13. The number of ether oxygens (including phenoxy) is 1. The van der Waals surface area contributed by atoms with E-state index < -0.39 is 0 Å². The Bertz CT molecular complexity index is 804. The molecule has 102 valence electrons. The minimum Gasteiger partial charge on any atom is -0.496 e. The van der Waals surface area contributed by atoms with Crippen LogP contribution in [0, 0.1) is 0 Å². The predicted molar refractivity (Wildman–Crippen MR) is 84.4 cm³/mol. The molecule has 20 heavy (non-hydrogen) atoms. The van der Waals surface area contributed by atoms with Gasteiger partial charge in [0.25, 0.3) is 0 Å². The molecule has 0 saturated carbocycles. The average Bonchev–Trinajstić information content (AvgIpc) is 2.91. The lowest BCUT2D eigenvalue weighted by Crippen LogP contribution is -1.91. The Morgan fingerprint density at radius 1 is 1.10 bits per heavy atom. The lowest BCUT2D eigenvalue weighted by atomic mass is 10.2. The van der Waals surface area contributed by atoms with Gasteiger partial charge < -0.3 is 4.74 Å². The van der Waals surface area contributed by atoms with Crippen LogP contribution >= 0.6 is 46.1 Å². The summed E-state index contributed by atoms with van der Waals surface area (Å²) in [4.78, 5) is 9.59. The lowest BCUT2D eigenvalue weighted by Gasteiger charge is -2.06. The Morgan fingerprint density at radius 2 is 1.85 bits per heavy atom. The van der Waals surface area contributed by atoms with Crippen LogP contribution in [0.3, 0.4) is 0 Å². The van der Waals surface area contributed by atoms with Crippen LogP contribution < -0.4 is 4.74 Å². The van der Waals surface area contributed by atoms with E-state index in [1.165, 1.54) is 11.3 Å². The van der Waals surface area contributed by atoms with Gasteiger partial charge in [-0.3, -0.25) is 0 Å². The molecule has 2 aromatic heterocycles. The Hall–Kier alpha value is -1.07. The van der Waals surface area contributed by atoms with E-state index >= 15 is 0 Å². The lowest BCUT2D eigenvalue weighted by molar-refractivity contribution is 0.417. The van der Waals surface area contributed by atoms with Crippen molar-refractivity contribution < 1.29 is 4.74 Å². The van der Waals surface area contributed by atoms with Gasteiger partial charge in [-0.15, -0.1) is 11.3 Å². The van der Waals surface area contributed by atoms with E-state index in [1.54, 1.807) is 19.2 Å². The van der Waals surface area contributed by atoms with Crippen LogP contribution in [0.4, 0.5) is 0 Å². The van der Waals surface area contributed by atoms with Crippen LogP contribution in [0.2, 0.25) is 15.2 Å². The number of nitrogens with zero attached hydrogens (tertiary/aromatic N) is 2. The molecule has 0 aliphatic heterocycles. The summed E-state index contributed by atoms with van der Waals surface area (Å²) in [6, 6.07) is 5.21. The van der Waals surface area contributed by atoms with Crippen LogP contribution in [-0.4, -0.2) is 17.1 Å². The van der Waals surface area contributed by atoms with E-state index in [2.05, 4.69) is 9.97 Å². The molecule has 0 amide bonds. The second-order valence-corrected chi connectivity index (χ2v) is 6.03. The number of hydrogen-bond acceptors (Lipinski definition) is 4. The van der Waals surface area contributed by atoms with E-state index in [0.717, 1.165) is 10.6 Å². The summed E-state index contributed by atoms with van der Waals surface area (Å²) in [5.41, 5.74) is 0.543. The summed E-state index contributed by atoms with van der Waals surface area (Å²) in [5.74, 6) is 1.25. The standard InChI is InChI=1S/C13H7Cl3N2OS/c1-19-6-4-9(20-5-6)13-17-11-8(15)3-2-7(14)10(11)12(16)18-13/h2-5H,1H3. The zero-order valence-corrected chi connectivity index (χ0v) is 13.2. The molecule has 2 heterocycles. The van der Waals surface area contributed by atoms with Crippen molar-refractivity contribution >= 4 is 57.0 Å². The smallest absolute Gasteiger partial charge is 0.171 e. The molecular weight excluding hydrogens is 339 g/mol. The van der Waals surface area contributed by atoms with E-state index in [-0.39, 0.29) is 5.15 Å². The summed E-state index contributed by atoms with van der Waals surface area (Å²) >= 11 is 20.0. The van der Waals surface area contributed by atoms with Gasteiger partial charge in [-0.05, 0) is 12.1 Å². The average molecular weight is 346 g/mol. The first-order chi connectivity index (χ1) is 9.60. The zero-order valence-electron chi connectivity index (χ0n) is 10.2. The molecule has 0 radical (unpaired) electrons. The second-order valence-electron chi connectivity index (χ2n) is 3.94. The quantitative estimate of drug-likeness (QED) is 0.589. The maximum Gasteiger partial charge on any atom is 0.171 e. The van der Waals surface area contributed by atoms with Crippen molar-refractivity contribution in [1.29, 1.82) is 0 Å². The van der Waals surface area contributed by atoms with E-state index in [0.29, 0.717) is 26.8 Å². The number of aromatic nitrogens is 2. The molecule has 0 atom stereocenters. The van der Waals surface area contributed by atoms with Crippen molar-refractivity contribution in [3.05, 3.63) is 38.8 Å². The van der Waals surface area contributed by atoms with Crippen molar-refractivity contribution in [3.8, 4) is 16.5 Å². The molecular formula is C13H7Cl3N2OS. The molecule has 0 aliphatic rings. The fourth-order valence-corrected chi connectivity index (χ4v) is 3.33. The van der Waals surface area contributed by atoms with Gasteiger partial charge in [-0.25, -0.2) is 9.97 Å². The minimum atomic E-state index is 0.282. The molecule has 0 saturated heterocycles. The SMILES string of the molecule is COc1csc(-c2nc(Cl)c3c(Cl)ccc(Cl)c3n2)c1. The van der Waals surface area contributed by atoms with E-state index in [1.807, 2.05) is 11.4 Å². The number of hydrogen-bond donors (Lipinski definition) is 0. The highest BCUT2D eigenvalue weighted by atomic mass is 35.5. The topological polar surface area (TPSA) is 35.0 Å². The van der Waals surface area contributed by atoms with Gasteiger partial charge in [-0.2, -0.15) is 0 Å². The summed E-state index contributed by atoms with van der Waals surface area (Å²) in [5, 5.41) is 3.68. The molecule has 0 fully saturated rings. The van der Waals surface area contributed by atoms with Crippen LogP contribution in [0.1, 0.15) is 0 Å². The number of methoxy groups -OCH3 is 1. The third-order valence-corrected chi connectivity index (χ3v) is 4.54. The van der Waals surface area contributed by atoms with Crippen molar-refractivity contribution in [2.75, 3.05) is 7.11 Å². The van der Waals surface area contributed by atoms with Crippen LogP contribution in [-0.2, 0) is 0 Å². The number of benzene rings is 1. The van der Waals surface area contributed by atoms with Crippen molar-refractivity contribution in [2.45, 2.75) is 0 Å². The number of halogens is 3. The number of thiophene rings is 1. The molecule has 0 unspecified atom stereocenters. The molecule has 3 aromatic rings. The van der Waals surface area contributed by atoms with Gasteiger partial charge in [-0.1, -0.05) is 34.8 Å². The summed E-state index contributed by atoms with van der Waals surface area (Å²) in [6.45, 7) is 0. The van der Waals surface area contributed by atoms with Crippen LogP contribution in [0.5, 0.6) is 5.75 Å². The molecule has 0 spiro atoms. The first-order valence-corrected chi connectivity index (χ1v) is 7.55. The van der Waals surface area contributed by atoms with Crippen molar-refractivity contribution in [3.63, 3.8) is 0 Å². The third kappa shape index (κ3) is 2.33. The largest absolute Gasteiger partial charge is 0.496 e. The monoisotopic (exact) mass is 344 g/mol. The van der Waals surface area contributed by atoms with E-state index in [4.69, 9.17) is 39.5 Å². The summed E-state index contributed by atoms with van der Waals surface area (Å²) in [6.07, 6.45) is 0. The zero-order chi connectivity index (χ0) is 14.3. The first-order valence-electron chi connectivity index (χ1n) is 5.54. The molecule has 3 nitrogen and oxygen atoms in total. The number of rotatable bonds is 2. The number of fused-ring (bicyclic) bond motifs is 1. The maximum atomic E-state index is 6.21. The van der Waals surface area contributed by atoms with Gasteiger partial charge in [0.05, 0.1) is 32.9 Å². The van der Waals surface area contributed by atoms with Crippen LogP contribution in [0.15, 0.2) is 23.6 Å². The van der Waals surface area contributed by atoms with Crippen molar-refractivity contribution in [2.24, 2.45) is 0 Å². The van der Waals surface area contributed by atoms with Crippen LogP contribution in [0.25, 0.3) is 21.6 Å². The maximum absolute atomic E-state index is 6.21. The highest BCUT2D eigenvalue weighted by Crippen LogP contribution is 2.36. The summed E-state index contributed by atoms with van der Waals surface area (Å²) < 4.78 is 5.15. The fourth-order valence-electron chi connectivity index (χ4n) is 1.78. The van der Waals surface area contributed by atoms with Gasteiger partial charge in [0.15, 0.2) is 5.82 Å². The Labute approximate surface area is 134 Å². The van der Waals surface area contributed by atoms with Gasteiger partial charge in [0.2, 0.25) is 0 Å². The molecule has 7 heteroatoms. The second kappa shape index (κ2) is 5.37. The molecule has 0 bridgehead atoms. The Balaban J connectivity index is 2.26. The molecule has 0 N–H and O–H groups in total. The van der Waals surface area contributed by atoms with Gasteiger partial charge >= 0.3 is 0 Å². The normalized spacial score (nSPS) is 11.0. The molecule has 0 aliphatic carbocycles. The highest BCUT2D eigenvalue weighted by Gasteiger charge is 2.14.